The van der Waals surface area contributed by atoms with Gasteiger partial charge in [-0.15, -0.1) is 0 Å². The van der Waals surface area contributed by atoms with Crippen molar-refractivity contribution in [1.29, 1.82) is 0 Å². The molecule has 2 rings (SSSR count). The van der Waals surface area contributed by atoms with Crippen molar-refractivity contribution in [1.82, 2.24) is 4.57 Å². The first kappa shape index (κ1) is 17.1. The van der Waals surface area contributed by atoms with E-state index in [1.54, 1.807) is 48.7 Å². The van der Waals surface area contributed by atoms with Crippen molar-refractivity contribution in [3.63, 3.8) is 0 Å². The Hall–Kier alpha value is -2.27. The predicted molar refractivity (Wildman–Crippen MR) is 89.9 cm³/mol. The van der Waals surface area contributed by atoms with E-state index in [-0.39, 0.29) is 18.4 Å². The fourth-order valence-electron chi connectivity index (χ4n) is 2.36. The Kier molecular flexibility index (Phi) is 5.45. The van der Waals surface area contributed by atoms with Gasteiger partial charge in [0.15, 0.2) is 0 Å². The normalized spacial score (nSPS) is 10.4. The number of carbonyl (C=O) groups excluding carboxylic acids is 2. The molecule has 0 fully saturated rings. The lowest BCUT2D eigenvalue weighted by Gasteiger charge is -2.11. The third-order valence-electron chi connectivity index (χ3n) is 3.52. The van der Waals surface area contributed by atoms with Crippen LogP contribution in [0.5, 0.6) is 0 Å². The summed E-state index contributed by atoms with van der Waals surface area (Å²) in [6.45, 7) is 5.81. The summed E-state index contributed by atoms with van der Waals surface area (Å²) in [5, 5.41) is 3.25. The number of rotatable bonds is 5. The largest absolute Gasteiger partial charge is 0.462 e. The van der Waals surface area contributed by atoms with Crippen LogP contribution in [0.15, 0.2) is 30.3 Å². The van der Waals surface area contributed by atoms with Crippen LogP contribution < -0.4 is 5.32 Å². The molecule has 0 aliphatic carbocycles. The summed E-state index contributed by atoms with van der Waals surface area (Å²) in [7, 11) is 0. The average Bonchev–Trinajstić information content (AvgIpc) is 2.78. The molecule has 2 aromatic rings. The van der Waals surface area contributed by atoms with Crippen molar-refractivity contribution >= 4 is 29.2 Å². The second-order valence-corrected chi connectivity index (χ2v) is 5.53. The maximum Gasteiger partial charge on any atom is 0.339 e. The van der Waals surface area contributed by atoms with E-state index in [2.05, 4.69) is 5.32 Å². The van der Waals surface area contributed by atoms with Crippen molar-refractivity contribution in [2.45, 2.75) is 27.3 Å². The molecule has 122 valence electrons. The van der Waals surface area contributed by atoms with E-state index in [9.17, 15) is 9.59 Å². The summed E-state index contributed by atoms with van der Waals surface area (Å²) < 4.78 is 6.80. The first-order valence-corrected chi connectivity index (χ1v) is 7.70. The molecule has 1 amide bonds. The van der Waals surface area contributed by atoms with Crippen LogP contribution in [0.4, 0.5) is 5.69 Å². The van der Waals surface area contributed by atoms with Crippen LogP contribution in [0.2, 0.25) is 5.02 Å². The number of aryl methyl sites for hydroxylation is 1. The van der Waals surface area contributed by atoms with Gasteiger partial charge in [0.1, 0.15) is 6.54 Å². The minimum absolute atomic E-state index is 0.0995. The highest BCUT2D eigenvalue weighted by atomic mass is 35.5. The number of carbonyl (C=O) groups is 2. The molecule has 1 heterocycles. The molecule has 1 N–H and O–H groups in total. The number of benzene rings is 1. The van der Waals surface area contributed by atoms with E-state index < -0.39 is 0 Å². The minimum atomic E-state index is -0.377. The summed E-state index contributed by atoms with van der Waals surface area (Å²) in [5.74, 6) is -0.589. The Bertz CT molecular complexity index is 737. The molecule has 0 saturated heterocycles. The molecule has 5 nitrogen and oxygen atoms in total. The zero-order chi connectivity index (χ0) is 17.0. The summed E-state index contributed by atoms with van der Waals surface area (Å²) >= 11 is 6.03. The SMILES string of the molecule is CCOC(=O)c1cc(C)n(CC(=O)Nc2ccccc2Cl)c1C. The maximum absolute atomic E-state index is 12.2. The van der Waals surface area contributed by atoms with E-state index in [0.29, 0.717) is 28.6 Å². The Morgan fingerprint density at radius 1 is 1.26 bits per heavy atom. The highest BCUT2D eigenvalue weighted by Crippen LogP contribution is 2.21. The van der Waals surface area contributed by atoms with Gasteiger partial charge < -0.3 is 14.6 Å². The summed E-state index contributed by atoms with van der Waals surface area (Å²) in [4.78, 5) is 24.1. The molecule has 23 heavy (non-hydrogen) atoms. The van der Waals surface area contributed by atoms with E-state index >= 15 is 0 Å². The lowest BCUT2D eigenvalue weighted by Crippen LogP contribution is -2.20. The second-order valence-electron chi connectivity index (χ2n) is 5.12. The van der Waals surface area contributed by atoms with Gasteiger partial charge in [-0.2, -0.15) is 0 Å². The standard InChI is InChI=1S/C17H19ClN2O3/c1-4-23-17(22)13-9-11(2)20(12(13)3)10-16(21)19-15-8-6-5-7-14(15)18/h5-9H,4,10H2,1-3H3,(H,19,21). The predicted octanol–water partition coefficient (Wildman–Crippen LogP) is 3.57. The zero-order valence-electron chi connectivity index (χ0n) is 13.4. The van der Waals surface area contributed by atoms with Crippen molar-refractivity contribution in [2.75, 3.05) is 11.9 Å². The van der Waals surface area contributed by atoms with Gasteiger partial charge in [-0.25, -0.2) is 4.79 Å². The Balaban J connectivity index is 2.15. The zero-order valence-corrected chi connectivity index (χ0v) is 14.1. The monoisotopic (exact) mass is 334 g/mol. The first-order valence-electron chi connectivity index (χ1n) is 7.32. The number of nitrogens with zero attached hydrogens (tertiary/aromatic N) is 1. The van der Waals surface area contributed by atoms with Crippen molar-refractivity contribution in [3.05, 3.63) is 52.3 Å². The fourth-order valence-corrected chi connectivity index (χ4v) is 2.54. The maximum atomic E-state index is 12.2. The van der Waals surface area contributed by atoms with E-state index in [4.69, 9.17) is 16.3 Å². The molecular formula is C17H19ClN2O3. The molecule has 1 aromatic carbocycles. The van der Waals surface area contributed by atoms with E-state index in [1.165, 1.54) is 0 Å². The van der Waals surface area contributed by atoms with Crippen LogP contribution in [0.25, 0.3) is 0 Å². The number of esters is 1. The number of halogens is 1. The third-order valence-corrected chi connectivity index (χ3v) is 3.85. The van der Waals surface area contributed by atoms with Crippen LogP contribution in [-0.2, 0) is 16.1 Å². The topological polar surface area (TPSA) is 60.3 Å². The van der Waals surface area contributed by atoms with Gasteiger partial charge in [0.2, 0.25) is 5.91 Å². The molecule has 0 unspecified atom stereocenters. The third kappa shape index (κ3) is 3.93. The molecule has 0 aliphatic rings. The first-order chi connectivity index (χ1) is 10.9. The smallest absolute Gasteiger partial charge is 0.339 e. The molecule has 0 spiro atoms. The van der Waals surface area contributed by atoms with Crippen molar-refractivity contribution in [3.8, 4) is 0 Å². The molecule has 0 saturated carbocycles. The van der Waals surface area contributed by atoms with Crippen LogP contribution in [0.3, 0.4) is 0 Å². The molecule has 6 heteroatoms. The molecule has 0 bridgehead atoms. The minimum Gasteiger partial charge on any atom is -0.462 e. The summed E-state index contributed by atoms with van der Waals surface area (Å²) in [5.41, 5.74) is 2.57. The van der Waals surface area contributed by atoms with Crippen LogP contribution >= 0.6 is 11.6 Å². The summed E-state index contributed by atoms with van der Waals surface area (Å²) in [6, 6.07) is 8.77. The second kappa shape index (κ2) is 7.33. The number of anilines is 1. The Morgan fingerprint density at radius 3 is 2.61 bits per heavy atom. The van der Waals surface area contributed by atoms with Gasteiger partial charge in [0.25, 0.3) is 0 Å². The van der Waals surface area contributed by atoms with Crippen LogP contribution in [0, 0.1) is 13.8 Å². The van der Waals surface area contributed by atoms with Crippen molar-refractivity contribution < 1.29 is 14.3 Å². The van der Waals surface area contributed by atoms with Gasteiger partial charge in [0.05, 0.1) is 22.9 Å². The molecule has 0 aliphatic heterocycles. The number of aromatic nitrogens is 1. The van der Waals surface area contributed by atoms with Gasteiger partial charge >= 0.3 is 5.97 Å². The lowest BCUT2D eigenvalue weighted by atomic mass is 10.2. The van der Waals surface area contributed by atoms with Gasteiger partial charge in [0, 0.05) is 11.4 Å². The lowest BCUT2D eigenvalue weighted by molar-refractivity contribution is -0.116. The van der Waals surface area contributed by atoms with Crippen LogP contribution in [-0.4, -0.2) is 23.1 Å². The number of nitrogens with one attached hydrogen (secondary N) is 1. The number of para-hydroxylation sites is 1. The molecule has 1 aromatic heterocycles. The molecular weight excluding hydrogens is 316 g/mol. The molecule has 0 radical (unpaired) electrons. The number of ether oxygens (including phenoxy) is 1. The highest BCUT2D eigenvalue weighted by Gasteiger charge is 2.18. The average molecular weight is 335 g/mol. The van der Waals surface area contributed by atoms with Crippen molar-refractivity contribution in [2.24, 2.45) is 0 Å². The van der Waals surface area contributed by atoms with Gasteiger partial charge in [-0.1, -0.05) is 23.7 Å². The molecule has 0 atom stereocenters. The Labute approximate surface area is 140 Å². The number of hydrogen-bond donors (Lipinski definition) is 1. The Morgan fingerprint density at radius 2 is 1.96 bits per heavy atom. The van der Waals surface area contributed by atoms with Crippen LogP contribution in [0.1, 0.15) is 28.7 Å². The highest BCUT2D eigenvalue weighted by molar-refractivity contribution is 6.33. The quantitative estimate of drug-likeness (QED) is 0.850. The van der Waals surface area contributed by atoms with E-state index in [1.807, 2.05) is 6.92 Å². The summed E-state index contributed by atoms with van der Waals surface area (Å²) in [6.07, 6.45) is 0. The van der Waals surface area contributed by atoms with E-state index in [0.717, 1.165) is 5.69 Å². The fraction of sp³-hybridized carbons (Fsp3) is 0.294. The number of hydrogen-bond acceptors (Lipinski definition) is 3. The van der Waals surface area contributed by atoms with Gasteiger partial charge in [-0.3, -0.25) is 4.79 Å². The van der Waals surface area contributed by atoms with Gasteiger partial charge in [-0.05, 0) is 39.0 Å². The number of amides is 1.